The standard InChI is InChI=1S/C25H28N2O5/c1-14-9-19(17(4)26-21-8-6-5-7-18(21)25(29)30)24-20(10-14)22(28)11-23(32-24)27-12-15(2)31-16(3)13-27/h5-11,15-17,26H,12-13H2,1-4H3,(H,29,30)/t15-,16+,17-/m1/s1. The molecular formula is C25H28N2O5. The van der Waals surface area contributed by atoms with Gasteiger partial charge in [0.15, 0.2) is 11.3 Å². The number of fused-ring (bicyclic) bond motifs is 1. The quantitative estimate of drug-likeness (QED) is 0.604. The van der Waals surface area contributed by atoms with E-state index in [0.717, 1.165) is 11.1 Å². The molecule has 2 aromatic carbocycles. The van der Waals surface area contributed by atoms with Crippen molar-refractivity contribution >= 4 is 28.5 Å². The number of nitrogens with one attached hydrogen (secondary N) is 1. The van der Waals surface area contributed by atoms with E-state index in [2.05, 4.69) is 5.32 Å². The van der Waals surface area contributed by atoms with E-state index >= 15 is 0 Å². The molecular weight excluding hydrogens is 408 g/mol. The van der Waals surface area contributed by atoms with Crippen molar-refractivity contribution < 1.29 is 19.1 Å². The zero-order valence-electron chi connectivity index (χ0n) is 18.7. The fourth-order valence-corrected chi connectivity index (χ4v) is 4.36. The Morgan fingerprint density at radius 1 is 1.16 bits per heavy atom. The molecule has 0 spiro atoms. The van der Waals surface area contributed by atoms with Crippen molar-refractivity contribution in [1.29, 1.82) is 0 Å². The second kappa shape index (κ2) is 8.67. The molecule has 2 heterocycles. The van der Waals surface area contributed by atoms with Crippen molar-refractivity contribution in [1.82, 2.24) is 0 Å². The highest BCUT2D eigenvalue weighted by molar-refractivity contribution is 5.94. The summed E-state index contributed by atoms with van der Waals surface area (Å²) >= 11 is 0. The highest BCUT2D eigenvalue weighted by Crippen LogP contribution is 2.31. The Labute approximate surface area is 186 Å². The van der Waals surface area contributed by atoms with Crippen LogP contribution in [0, 0.1) is 6.92 Å². The lowest BCUT2D eigenvalue weighted by Gasteiger charge is -2.35. The largest absolute Gasteiger partial charge is 0.478 e. The molecule has 3 atom stereocenters. The van der Waals surface area contributed by atoms with Gasteiger partial charge in [0.05, 0.1) is 29.2 Å². The normalized spacial score (nSPS) is 19.7. The lowest BCUT2D eigenvalue weighted by Crippen LogP contribution is -2.45. The number of para-hydroxylation sites is 1. The van der Waals surface area contributed by atoms with Crippen LogP contribution in [0.1, 0.15) is 48.3 Å². The first-order valence-electron chi connectivity index (χ1n) is 10.8. The van der Waals surface area contributed by atoms with Gasteiger partial charge in [-0.25, -0.2) is 4.79 Å². The minimum absolute atomic E-state index is 0.0327. The summed E-state index contributed by atoms with van der Waals surface area (Å²) in [6, 6.07) is 11.8. The van der Waals surface area contributed by atoms with Gasteiger partial charge in [0.25, 0.3) is 0 Å². The molecule has 1 aliphatic rings. The fourth-order valence-electron chi connectivity index (χ4n) is 4.36. The van der Waals surface area contributed by atoms with Gasteiger partial charge in [0.2, 0.25) is 0 Å². The summed E-state index contributed by atoms with van der Waals surface area (Å²) < 4.78 is 12.1. The molecule has 2 N–H and O–H groups in total. The highest BCUT2D eigenvalue weighted by atomic mass is 16.5. The molecule has 0 saturated carbocycles. The molecule has 0 unspecified atom stereocenters. The maximum absolute atomic E-state index is 13.0. The van der Waals surface area contributed by atoms with Crippen LogP contribution in [0.3, 0.4) is 0 Å². The van der Waals surface area contributed by atoms with Gasteiger partial charge in [-0.3, -0.25) is 4.79 Å². The third kappa shape index (κ3) is 4.34. The number of anilines is 2. The van der Waals surface area contributed by atoms with Crippen LogP contribution in [0.5, 0.6) is 0 Å². The summed E-state index contributed by atoms with van der Waals surface area (Å²) in [7, 11) is 0. The number of morpholine rings is 1. The molecule has 1 aromatic heterocycles. The number of carbonyl (C=O) groups is 1. The van der Waals surface area contributed by atoms with E-state index in [1.54, 1.807) is 30.3 Å². The van der Waals surface area contributed by atoms with Crippen molar-refractivity contribution in [3.63, 3.8) is 0 Å². The van der Waals surface area contributed by atoms with E-state index in [1.807, 2.05) is 44.7 Å². The number of carboxylic acid groups (broad SMARTS) is 1. The summed E-state index contributed by atoms with van der Waals surface area (Å²) in [6.45, 7) is 9.14. The molecule has 168 valence electrons. The molecule has 4 rings (SSSR count). The number of hydrogen-bond donors (Lipinski definition) is 2. The number of ether oxygens (including phenoxy) is 1. The van der Waals surface area contributed by atoms with Gasteiger partial charge < -0.3 is 24.5 Å². The zero-order valence-corrected chi connectivity index (χ0v) is 18.7. The fraction of sp³-hybridized carbons (Fsp3) is 0.360. The number of carboxylic acids is 1. The van der Waals surface area contributed by atoms with E-state index in [9.17, 15) is 14.7 Å². The minimum atomic E-state index is -1.00. The SMILES string of the molecule is Cc1cc([C@@H](C)Nc2ccccc2C(=O)O)c2oc(N3C[C@@H](C)O[C@@H](C)C3)cc(=O)c2c1. The monoisotopic (exact) mass is 436 g/mol. The second-order valence-electron chi connectivity index (χ2n) is 8.56. The van der Waals surface area contributed by atoms with Gasteiger partial charge in [0, 0.05) is 30.4 Å². The molecule has 1 aliphatic heterocycles. The second-order valence-corrected chi connectivity index (χ2v) is 8.56. The average Bonchev–Trinajstić information content (AvgIpc) is 2.73. The summed E-state index contributed by atoms with van der Waals surface area (Å²) in [5.74, 6) is -0.480. The molecule has 0 radical (unpaired) electrons. The Morgan fingerprint density at radius 3 is 2.53 bits per heavy atom. The van der Waals surface area contributed by atoms with E-state index in [1.165, 1.54) is 0 Å². The van der Waals surface area contributed by atoms with E-state index in [-0.39, 0.29) is 29.2 Å². The van der Waals surface area contributed by atoms with Crippen LogP contribution in [0.4, 0.5) is 11.6 Å². The van der Waals surface area contributed by atoms with Crippen molar-refractivity contribution in [2.75, 3.05) is 23.3 Å². The summed E-state index contributed by atoms with van der Waals surface area (Å²) in [6.07, 6.45) is 0.0655. The number of nitrogens with zero attached hydrogens (tertiary/aromatic N) is 1. The predicted molar refractivity (Wildman–Crippen MR) is 125 cm³/mol. The highest BCUT2D eigenvalue weighted by Gasteiger charge is 2.25. The van der Waals surface area contributed by atoms with Gasteiger partial charge in [0.1, 0.15) is 5.58 Å². The molecule has 3 aromatic rings. The minimum Gasteiger partial charge on any atom is -0.478 e. The summed E-state index contributed by atoms with van der Waals surface area (Å²) in [5, 5.41) is 13.3. The van der Waals surface area contributed by atoms with Crippen molar-refractivity contribution in [3.8, 4) is 0 Å². The van der Waals surface area contributed by atoms with Crippen LogP contribution >= 0.6 is 0 Å². The number of rotatable bonds is 5. The molecule has 32 heavy (non-hydrogen) atoms. The van der Waals surface area contributed by atoms with Crippen LogP contribution < -0.4 is 15.6 Å². The molecule has 7 nitrogen and oxygen atoms in total. The van der Waals surface area contributed by atoms with Gasteiger partial charge in [-0.15, -0.1) is 0 Å². The van der Waals surface area contributed by atoms with Gasteiger partial charge >= 0.3 is 5.97 Å². The summed E-state index contributed by atoms with van der Waals surface area (Å²) in [4.78, 5) is 26.7. The topological polar surface area (TPSA) is 92.0 Å². The summed E-state index contributed by atoms with van der Waals surface area (Å²) in [5.41, 5.74) is 2.84. The molecule has 1 saturated heterocycles. The number of aromatic carboxylic acids is 1. The molecule has 1 fully saturated rings. The van der Waals surface area contributed by atoms with Crippen LogP contribution in [-0.4, -0.2) is 36.4 Å². The maximum atomic E-state index is 13.0. The van der Waals surface area contributed by atoms with Gasteiger partial charge in [-0.2, -0.15) is 0 Å². The molecule has 0 bridgehead atoms. The van der Waals surface area contributed by atoms with Crippen molar-refractivity contribution in [3.05, 3.63) is 69.4 Å². The Morgan fingerprint density at radius 2 is 1.84 bits per heavy atom. The third-order valence-electron chi connectivity index (χ3n) is 5.72. The average molecular weight is 437 g/mol. The third-order valence-corrected chi connectivity index (χ3v) is 5.72. The maximum Gasteiger partial charge on any atom is 0.337 e. The van der Waals surface area contributed by atoms with Gasteiger partial charge in [-0.1, -0.05) is 18.2 Å². The molecule has 7 heteroatoms. The zero-order chi connectivity index (χ0) is 23.0. The van der Waals surface area contributed by atoms with E-state index in [0.29, 0.717) is 35.6 Å². The Balaban J connectivity index is 1.78. The molecule has 0 aliphatic carbocycles. The van der Waals surface area contributed by atoms with E-state index < -0.39 is 5.97 Å². The number of benzene rings is 2. The van der Waals surface area contributed by atoms with Crippen LogP contribution in [-0.2, 0) is 4.74 Å². The first-order valence-corrected chi connectivity index (χ1v) is 10.8. The first-order chi connectivity index (χ1) is 15.2. The van der Waals surface area contributed by atoms with Crippen LogP contribution in [0.2, 0.25) is 0 Å². The van der Waals surface area contributed by atoms with Crippen molar-refractivity contribution in [2.24, 2.45) is 0 Å². The smallest absolute Gasteiger partial charge is 0.337 e. The lowest BCUT2D eigenvalue weighted by molar-refractivity contribution is -0.00639. The number of hydrogen-bond acceptors (Lipinski definition) is 6. The van der Waals surface area contributed by atoms with Crippen LogP contribution in [0.15, 0.2) is 51.7 Å². The first kappa shape index (κ1) is 21.9. The number of aryl methyl sites for hydroxylation is 1. The van der Waals surface area contributed by atoms with Crippen molar-refractivity contribution in [2.45, 2.75) is 45.9 Å². The Hall–Kier alpha value is -3.32. The predicted octanol–water partition coefficient (Wildman–Crippen LogP) is 4.59. The Bertz CT molecular complexity index is 1210. The Kier molecular flexibility index (Phi) is 5.93. The molecule has 0 amide bonds. The van der Waals surface area contributed by atoms with Crippen LogP contribution in [0.25, 0.3) is 11.0 Å². The van der Waals surface area contributed by atoms with E-state index in [4.69, 9.17) is 9.15 Å². The lowest BCUT2D eigenvalue weighted by atomic mass is 10.0. The van der Waals surface area contributed by atoms with Gasteiger partial charge in [-0.05, 0) is 51.5 Å².